The number of carbonyl (C=O) groups excluding carboxylic acids is 1. The number of nitrogens with zero attached hydrogens (tertiary/aromatic N) is 3. The molecule has 142 valence electrons. The van der Waals surface area contributed by atoms with E-state index >= 15 is 0 Å². The van der Waals surface area contributed by atoms with Gasteiger partial charge in [0.15, 0.2) is 0 Å². The molecule has 28 heavy (non-hydrogen) atoms. The van der Waals surface area contributed by atoms with Gasteiger partial charge in [0.2, 0.25) is 0 Å². The molecule has 2 aromatic carbocycles. The standard InChI is InChI=1S/C22H22N4OS/c1-25(2)12-13-26-11-10-17-14-18(8-9-19(17)26)24-21(27)20-15-23-22(28-20)16-6-4-3-5-7-16/h3-11,14-15H,12-13H2,1-2H3,(H,24,27). The molecule has 0 atom stereocenters. The van der Waals surface area contributed by atoms with E-state index in [2.05, 4.69) is 52.2 Å². The molecular formula is C22H22N4OS. The molecule has 1 N–H and O–H groups in total. The summed E-state index contributed by atoms with van der Waals surface area (Å²) >= 11 is 1.40. The first-order chi connectivity index (χ1) is 13.6. The molecule has 0 saturated heterocycles. The van der Waals surface area contributed by atoms with Crippen LogP contribution in [-0.4, -0.2) is 41.0 Å². The summed E-state index contributed by atoms with van der Waals surface area (Å²) in [6, 6.07) is 18.0. The number of rotatable bonds is 6. The zero-order valence-corrected chi connectivity index (χ0v) is 16.7. The van der Waals surface area contributed by atoms with Gasteiger partial charge >= 0.3 is 0 Å². The number of anilines is 1. The maximum atomic E-state index is 12.6. The van der Waals surface area contributed by atoms with Gasteiger partial charge in [-0.25, -0.2) is 4.98 Å². The lowest BCUT2D eigenvalue weighted by Crippen LogP contribution is -2.17. The maximum Gasteiger partial charge on any atom is 0.267 e. The Balaban J connectivity index is 1.49. The molecule has 0 aliphatic carbocycles. The molecule has 2 heterocycles. The molecule has 0 unspecified atom stereocenters. The lowest BCUT2D eigenvalue weighted by molar-refractivity contribution is 0.103. The summed E-state index contributed by atoms with van der Waals surface area (Å²) in [7, 11) is 4.14. The maximum absolute atomic E-state index is 12.6. The number of hydrogen-bond acceptors (Lipinski definition) is 4. The average Bonchev–Trinajstić information content (AvgIpc) is 3.34. The molecule has 2 aromatic heterocycles. The molecule has 0 radical (unpaired) electrons. The minimum atomic E-state index is -0.133. The predicted molar refractivity (Wildman–Crippen MR) is 116 cm³/mol. The Labute approximate surface area is 168 Å². The largest absolute Gasteiger partial charge is 0.346 e. The van der Waals surface area contributed by atoms with Gasteiger partial charge in [-0.05, 0) is 38.4 Å². The molecule has 0 spiro atoms. The Morgan fingerprint density at radius 3 is 2.75 bits per heavy atom. The Morgan fingerprint density at radius 2 is 1.96 bits per heavy atom. The Hall–Kier alpha value is -2.96. The van der Waals surface area contributed by atoms with Crippen LogP contribution >= 0.6 is 11.3 Å². The van der Waals surface area contributed by atoms with Crippen molar-refractivity contribution in [1.29, 1.82) is 0 Å². The zero-order valence-electron chi connectivity index (χ0n) is 15.9. The van der Waals surface area contributed by atoms with Crippen molar-refractivity contribution < 1.29 is 4.79 Å². The first-order valence-corrected chi connectivity index (χ1v) is 9.98. The van der Waals surface area contributed by atoms with Gasteiger partial charge in [0.1, 0.15) is 9.88 Å². The number of aromatic nitrogens is 2. The third-order valence-electron chi connectivity index (χ3n) is 4.57. The number of fused-ring (bicyclic) bond motifs is 1. The van der Waals surface area contributed by atoms with Crippen LogP contribution in [0.2, 0.25) is 0 Å². The Morgan fingerprint density at radius 1 is 1.14 bits per heavy atom. The fourth-order valence-corrected chi connectivity index (χ4v) is 3.88. The van der Waals surface area contributed by atoms with Gasteiger partial charge in [0.25, 0.3) is 5.91 Å². The predicted octanol–water partition coefficient (Wildman–Crippen LogP) is 4.58. The Kier molecular flexibility index (Phi) is 5.23. The summed E-state index contributed by atoms with van der Waals surface area (Å²) in [6.45, 7) is 1.92. The quantitative estimate of drug-likeness (QED) is 0.524. The monoisotopic (exact) mass is 390 g/mol. The van der Waals surface area contributed by atoms with Gasteiger partial charge < -0.3 is 14.8 Å². The highest BCUT2D eigenvalue weighted by molar-refractivity contribution is 7.17. The van der Waals surface area contributed by atoms with Crippen molar-refractivity contribution in [3.63, 3.8) is 0 Å². The van der Waals surface area contributed by atoms with Crippen LogP contribution < -0.4 is 5.32 Å². The second kappa shape index (κ2) is 7.96. The van der Waals surface area contributed by atoms with Crippen LogP contribution in [0.4, 0.5) is 5.69 Å². The van der Waals surface area contributed by atoms with E-state index in [0.717, 1.165) is 34.7 Å². The van der Waals surface area contributed by atoms with Crippen molar-refractivity contribution in [2.45, 2.75) is 6.54 Å². The number of carbonyl (C=O) groups is 1. The smallest absolute Gasteiger partial charge is 0.267 e. The van der Waals surface area contributed by atoms with Crippen molar-refractivity contribution in [1.82, 2.24) is 14.5 Å². The van der Waals surface area contributed by atoms with E-state index in [1.165, 1.54) is 16.9 Å². The third-order valence-corrected chi connectivity index (χ3v) is 5.61. The number of thiazole rings is 1. The third kappa shape index (κ3) is 3.98. The fourth-order valence-electron chi connectivity index (χ4n) is 3.07. The van der Waals surface area contributed by atoms with Crippen LogP contribution in [0.5, 0.6) is 0 Å². The van der Waals surface area contributed by atoms with E-state index < -0.39 is 0 Å². The molecule has 0 fully saturated rings. The van der Waals surface area contributed by atoms with Crippen LogP contribution in [0.3, 0.4) is 0 Å². The summed E-state index contributed by atoms with van der Waals surface area (Å²) in [4.78, 5) is 19.8. The van der Waals surface area contributed by atoms with Gasteiger partial charge in [-0.2, -0.15) is 0 Å². The van der Waals surface area contributed by atoms with Crippen molar-refractivity contribution in [2.75, 3.05) is 26.0 Å². The summed E-state index contributed by atoms with van der Waals surface area (Å²) < 4.78 is 2.23. The summed E-state index contributed by atoms with van der Waals surface area (Å²) in [5.41, 5.74) is 2.98. The van der Waals surface area contributed by atoms with Crippen LogP contribution in [-0.2, 0) is 6.54 Å². The number of nitrogens with one attached hydrogen (secondary N) is 1. The molecule has 1 amide bonds. The summed E-state index contributed by atoms with van der Waals surface area (Å²) in [6.07, 6.45) is 3.73. The van der Waals surface area contributed by atoms with Gasteiger partial charge in [0.05, 0.1) is 6.20 Å². The van der Waals surface area contributed by atoms with E-state index in [0.29, 0.717) is 4.88 Å². The number of amides is 1. The molecule has 5 nitrogen and oxygen atoms in total. The van der Waals surface area contributed by atoms with Crippen LogP contribution in [0, 0.1) is 0 Å². The normalized spacial score (nSPS) is 11.2. The van der Waals surface area contributed by atoms with E-state index in [1.807, 2.05) is 42.5 Å². The van der Waals surface area contributed by atoms with Gasteiger partial charge in [0, 0.05) is 41.4 Å². The lowest BCUT2D eigenvalue weighted by atomic mass is 10.2. The summed E-state index contributed by atoms with van der Waals surface area (Å²) in [5.74, 6) is -0.133. The number of hydrogen-bond donors (Lipinski definition) is 1. The number of likely N-dealkylation sites (N-methyl/N-ethyl adjacent to an activating group) is 1. The van der Waals surface area contributed by atoms with Crippen molar-refractivity contribution >= 4 is 33.8 Å². The topological polar surface area (TPSA) is 50.2 Å². The molecule has 0 saturated carbocycles. The van der Waals surface area contributed by atoms with Gasteiger partial charge in [-0.1, -0.05) is 30.3 Å². The Bertz CT molecular complexity index is 1100. The second-order valence-electron chi connectivity index (χ2n) is 6.94. The molecule has 0 bridgehead atoms. The van der Waals surface area contributed by atoms with Crippen LogP contribution in [0.25, 0.3) is 21.5 Å². The van der Waals surface area contributed by atoms with Gasteiger partial charge in [-0.15, -0.1) is 11.3 Å². The summed E-state index contributed by atoms with van der Waals surface area (Å²) in [5, 5.41) is 4.95. The minimum Gasteiger partial charge on any atom is -0.346 e. The van der Waals surface area contributed by atoms with E-state index in [-0.39, 0.29) is 5.91 Å². The van der Waals surface area contributed by atoms with Gasteiger partial charge in [-0.3, -0.25) is 4.79 Å². The first-order valence-electron chi connectivity index (χ1n) is 9.16. The molecular weight excluding hydrogens is 368 g/mol. The average molecular weight is 391 g/mol. The fraction of sp³-hybridized carbons (Fsp3) is 0.182. The molecule has 4 rings (SSSR count). The zero-order chi connectivity index (χ0) is 19.5. The van der Waals surface area contributed by atoms with Crippen molar-refractivity contribution in [3.05, 3.63) is 71.9 Å². The highest BCUT2D eigenvalue weighted by Gasteiger charge is 2.12. The minimum absolute atomic E-state index is 0.133. The molecule has 0 aliphatic heterocycles. The molecule has 4 aromatic rings. The van der Waals surface area contributed by atoms with E-state index in [1.54, 1.807) is 6.20 Å². The lowest BCUT2D eigenvalue weighted by Gasteiger charge is -2.11. The highest BCUT2D eigenvalue weighted by Crippen LogP contribution is 2.26. The highest BCUT2D eigenvalue weighted by atomic mass is 32.1. The molecule has 6 heteroatoms. The second-order valence-corrected chi connectivity index (χ2v) is 7.97. The van der Waals surface area contributed by atoms with Crippen molar-refractivity contribution in [3.8, 4) is 10.6 Å². The van der Waals surface area contributed by atoms with E-state index in [4.69, 9.17) is 0 Å². The van der Waals surface area contributed by atoms with Crippen molar-refractivity contribution in [2.24, 2.45) is 0 Å². The van der Waals surface area contributed by atoms with Crippen LogP contribution in [0.15, 0.2) is 67.0 Å². The van der Waals surface area contributed by atoms with E-state index in [9.17, 15) is 4.79 Å². The number of benzene rings is 2. The SMILES string of the molecule is CN(C)CCn1ccc2cc(NC(=O)c3cnc(-c4ccccc4)s3)ccc21. The van der Waals surface area contributed by atoms with Crippen LogP contribution in [0.1, 0.15) is 9.67 Å². The molecule has 0 aliphatic rings. The first kappa shape index (κ1) is 18.4.